The van der Waals surface area contributed by atoms with Crippen LogP contribution in [0.3, 0.4) is 0 Å². The summed E-state index contributed by atoms with van der Waals surface area (Å²) >= 11 is 0. The monoisotopic (exact) mass is 278 g/mol. The molecule has 0 bridgehead atoms. The number of carbonyl (C=O) groups excluding carboxylic acids is 1. The Bertz CT molecular complexity index is 444. The Morgan fingerprint density at radius 1 is 1.30 bits per heavy atom. The summed E-state index contributed by atoms with van der Waals surface area (Å²) in [7, 11) is 0. The number of hydrogen-bond acceptors (Lipinski definition) is 2. The summed E-state index contributed by atoms with van der Waals surface area (Å²) in [6.07, 6.45) is 3.39. The van der Waals surface area contributed by atoms with Crippen LogP contribution in [0.25, 0.3) is 0 Å². The lowest BCUT2D eigenvalue weighted by Gasteiger charge is -2.36. The molecular weight excluding hydrogens is 255 g/mol. The fourth-order valence-electron chi connectivity index (χ4n) is 2.59. The topological polar surface area (TPSA) is 41.1 Å². The number of hydrogen-bond donors (Lipinski definition) is 2. The van der Waals surface area contributed by atoms with E-state index in [9.17, 15) is 9.18 Å². The van der Waals surface area contributed by atoms with Gasteiger partial charge in [0.2, 0.25) is 5.91 Å². The fourth-order valence-corrected chi connectivity index (χ4v) is 2.59. The number of amides is 1. The molecule has 1 aliphatic rings. The second-order valence-corrected chi connectivity index (χ2v) is 5.44. The van der Waals surface area contributed by atoms with Crippen molar-refractivity contribution in [1.82, 2.24) is 10.6 Å². The van der Waals surface area contributed by atoms with Gasteiger partial charge < -0.3 is 10.6 Å². The van der Waals surface area contributed by atoms with Gasteiger partial charge in [-0.05, 0) is 36.8 Å². The average Bonchev–Trinajstić information content (AvgIpc) is 2.40. The molecule has 1 fully saturated rings. The van der Waals surface area contributed by atoms with E-state index in [1.54, 1.807) is 6.07 Å². The average molecular weight is 278 g/mol. The lowest BCUT2D eigenvalue weighted by Crippen LogP contribution is -2.41. The molecule has 1 aromatic carbocycles. The minimum atomic E-state index is -0.102. The Labute approximate surface area is 120 Å². The van der Waals surface area contributed by atoms with Gasteiger partial charge in [0.1, 0.15) is 5.82 Å². The van der Waals surface area contributed by atoms with Crippen molar-refractivity contribution in [2.45, 2.75) is 44.6 Å². The van der Waals surface area contributed by atoms with Gasteiger partial charge in [0, 0.05) is 25.6 Å². The molecule has 1 aliphatic carbocycles. The van der Waals surface area contributed by atoms with Crippen molar-refractivity contribution in [2.24, 2.45) is 0 Å². The van der Waals surface area contributed by atoms with Crippen molar-refractivity contribution in [1.29, 1.82) is 0 Å². The zero-order chi connectivity index (χ0) is 14.4. The zero-order valence-corrected chi connectivity index (χ0v) is 12.0. The Morgan fingerprint density at radius 2 is 2.05 bits per heavy atom. The highest BCUT2D eigenvalue weighted by atomic mass is 19.1. The standard InChI is InChI=1S/C16H23FN2O/c1-2-8-19-16(20)7-9-18-13-10-12(11-13)14-5-3-4-6-15(14)17/h3-6,12-13,18H,2,7-11H2,1H3,(H,19,20). The molecule has 1 saturated carbocycles. The van der Waals surface area contributed by atoms with Crippen molar-refractivity contribution in [3.05, 3.63) is 35.6 Å². The van der Waals surface area contributed by atoms with Gasteiger partial charge in [-0.3, -0.25) is 4.79 Å². The Kier molecular flexibility index (Phi) is 5.53. The van der Waals surface area contributed by atoms with Crippen LogP contribution in [0.4, 0.5) is 4.39 Å². The Morgan fingerprint density at radius 3 is 2.75 bits per heavy atom. The van der Waals surface area contributed by atoms with E-state index in [0.717, 1.165) is 31.4 Å². The molecule has 2 rings (SSSR count). The molecule has 0 aromatic heterocycles. The number of rotatable bonds is 7. The van der Waals surface area contributed by atoms with Crippen LogP contribution in [-0.2, 0) is 4.79 Å². The number of carbonyl (C=O) groups is 1. The van der Waals surface area contributed by atoms with Crippen LogP contribution in [0.1, 0.15) is 44.1 Å². The largest absolute Gasteiger partial charge is 0.356 e. The Hall–Kier alpha value is -1.42. The number of halogens is 1. The first kappa shape index (κ1) is 15.0. The maximum atomic E-state index is 13.6. The first-order valence-electron chi connectivity index (χ1n) is 7.45. The van der Waals surface area contributed by atoms with Crippen LogP contribution in [0.2, 0.25) is 0 Å². The fraction of sp³-hybridized carbons (Fsp3) is 0.562. The summed E-state index contributed by atoms with van der Waals surface area (Å²) in [4.78, 5) is 11.4. The predicted octanol–water partition coefficient (Wildman–Crippen LogP) is 2.58. The second kappa shape index (κ2) is 7.39. The van der Waals surface area contributed by atoms with Crippen molar-refractivity contribution < 1.29 is 9.18 Å². The quantitative estimate of drug-likeness (QED) is 0.805. The highest BCUT2D eigenvalue weighted by Gasteiger charge is 2.31. The van der Waals surface area contributed by atoms with E-state index in [-0.39, 0.29) is 11.7 Å². The highest BCUT2D eigenvalue weighted by molar-refractivity contribution is 5.75. The van der Waals surface area contributed by atoms with Gasteiger partial charge >= 0.3 is 0 Å². The summed E-state index contributed by atoms with van der Waals surface area (Å²) in [6.45, 7) is 3.48. The summed E-state index contributed by atoms with van der Waals surface area (Å²) in [5.41, 5.74) is 0.825. The molecule has 20 heavy (non-hydrogen) atoms. The van der Waals surface area contributed by atoms with Gasteiger partial charge in [-0.1, -0.05) is 25.1 Å². The molecule has 0 atom stereocenters. The maximum Gasteiger partial charge on any atom is 0.221 e. The minimum absolute atomic E-state index is 0.101. The summed E-state index contributed by atoms with van der Waals surface area (Å²) in [5, 5.41) is 6.22. The Balaban J connectivity index is 1.63. The highest BCUT2D eigenvalue weighted by Crippen LogP contribution is 2.37. The first-order chi connectivity index (χ1) is 9.70. The molecule has 0 saturated heterocycles. The zero-order valence-electron chi connectivity index (χ0n) is 12.0. The van der Waals surface area contributed by atoms with E-state index in [2.05, 4.69) is 10.6 Å². The maximum absolute atomic E-state index is 13.6. The summed E-state index contributed by atoms with van der Waals surface area (Å²) in [6, 6.07) is 7.42. The van der Waals surface area contributed by atoms with Gasteiger partial charge in [0.25, 0.3) is 0 Å². The molecule has 0 unspecified atom stereocenters. The summed E-state index contributed by atoms with van der Waals surface area (Å²) in [5.74, 6) is 0.321. The van der Waals surface area contributed by atoms with Crippen LogP contribution in [0.5, 0.6) is 0 Å². The molecular formula is C16H23FN2O. The van der Waals surface area contributed by atoms with Crippen molar-refractivity contribution in [3.8, 4) is 0 Å². The molecule has 3 nitrogen and oxygen atoms in total. The molecule has 0 radical (unpaired) electrons. The van der Waals surface area contributed by atoms with Gasteiger partial charge in [-0.2, -0.15) is 0 Å². The lowest BCUT2D eigenvalue weighted by atomic mass is 9.75. The van der Waals surface area contributed by atoms with Gasteiger partial charge in [0.15, 0.2) is 0 Å². The molecule has 110 valence electrons. The molecule has 0 aliphatic heterocycles. The van der Waals surface area contributed by atoms with E-state index < -0.39 is 0 Å². The molecule has 2 N–H and O–H groups in total. The van der Waals surface area contributed by atoms with Crippen molar-refractivity contribution in [3.63, 3.8) is 0 Å². The third kappa shape index (κ3) is 4.04. The van der Waals surface area contributed by atoms with Crippen LogP contribution >= 0.6 is 0 Å². The minimum Gasteiger partial charge on any atom is -0.356 e. The number of nitrogens with one attached hydrogen (secondary N) is 2. The molecule has 0 spiro atoms. The number of benzene rings is 1. The van der Waals surface area contributed by atoms with Crippen LogP contribution in [0.15, 0.2) is 24.3 Å². The molecule has 1 amide bonds. The van der Waals surface area contributed by atoms with Gasteiger partial charge in [0.05, 0.1) is 0 Å². The smallest absolute Gasteiger partial charge is 0.221 e. The first-order valence-corrected chi connectivity index (χ1v) is 7.45. The molecule has 0 heterocycles. The second-order valence-electron chi connectivity index (χ2n) is 5.44. The molecule has 4 heteroatoms. The third-order valence-corrected chi connectivity index (χ3v) is 3.84. The van der Waals surface area contributed by atoms with E-state index in [1.165, 1.54) is 6.07 Å². The van der Waals surface area contributed by atoms with Crippen molar-refractivity contribution in [2.75, 3.05) is 13.1 Å². The van der Waals surface area contributed by atoms with Crippen LogP contribution in [-0.4, -0.2) is 25.0 Å². The van der Waals surface area contributed by atoms with E-state index in [1.807, 2.05) is 19.1 Å². The van der Waals surface area contributed by atoms with Crippen molar-refractivity contribution >= 4 is 5.91 Å². The lowest BCUT2D eigenvalue weighted by molar-refractivity contribution is -0.121. The van der Waals surface area contributed by atoms with Crippen LogP contribution < -0.4 is 10.6 Å². The van der Waals surface area contributed by atoms with E-state index >= 15 is 0 Å². The van der Waals surface area contributed by atoms with E-state index in [4.69, 9.17) is 0 Å². The predicted molar refractivity (Wildman–Crippen MR) is 78.1 cm³/mol. The third-order valence-electron chi connectivity index (χ3n) is 3.84. The summed E-state index contributed by atoms with van der Waals surface area (Å²) < 4.78 is 13.6. The van der Waals surface area contributed by atoms with Crippen LogP contribution in [0, 0.1) is 5.82 Å². The normalized spacial score (nSPS) is 21.3. The van der Waals surface area contributed by atoms with E-state index in [0.29, 0.717) is 24.9 Å². The SMILES string of the molecule is CCCNC(=O)CCNC1CC(c2ccccc2F)C1. The molecule has 1 aromatic rings. The van der Waals surface area contributed by atoms with Gasteiger partial charge in [-0.15, -0.1) is 0 Å². The van der Waals surface area contributed by atoms with Gasteiger partial charge in [-0.25, -0.2) is 4.39 Å².